The molecule has 1 heterocycles. The van der Waals surface area contributed by atoms with E-state index in [1.54, 1.807) is 18.5 Å². The van der Waals surface area contributed by atoms with Crippen LogP contribution in [0.4, 0.5) is 0 Å². The Kier molecular flexibility index (Phi) is 3.55. The van der Waals surface area contributed by atoms with Gasteiger partial charge in [0.1, 0.15) is 0 Å². The van der Waals surface area contributed by atoms with E-state index in [9.17, 15) is 0 Å². The van der Waals surface area contributed by atoms with Crippen molar-refractivity contribution < 1.29 is 0 Å². The highest BCUT2D eigenvalue weighted by atomic mass is 32.2. The summed E-state index contributed by atoms with van der Waals surface area (Å²) in [4.78, 5) is 8.03. The Labute approximate surface area is 75.8 Å². The first-order valence-electron chi connectivity index (χ1n) is 3.70. The van der Waals surface area contributed by atoms with Crippen molar-refractivity contribution in [3.63, 3.8) is 0 Å². The van der Waals surface area contributed by atoms with Gasteiger partial charge in [-0.15, -0.1) is 0 Å². The van der Waals surface area contributed by atoms with E-state index in [4.69, 9.17) is 5.26 Å². The predicted octanol–water partition coefficient (Wildman–Crippen LogP) is 1.87. The van der Waals surface area contributed by atoms with Crippen molar-refractivity contribution in [2.24, 2.45) is 0 Å². The summed E-state index contributed by atoms with van der Waals surface area (Å²) in [6.07, 6.45) is 4.18. The van der Waals surface area contributed by atoms with Crippen molar-refractivity contribution in [2.45, 2.75) is 23.8 Å². The summed E-state index contributed by atoms with van der Waals surface area (Å²) >= 11 is 1.41. The Balaban J connectivity index is 2.58. The van der Waals surface area contributed by atoms with Crippen LogP contribution in [0.25, 0.3) is 0 Å². The standard InChI is InChI=1S/C8H9N3S/c1-2-7(6-9)12-8-10-4-3-5-11-8/h3-5,7H,2H2,1H3. The quantitative estimate of drug-likeness (QED) is 0.525. The molecular formula is C8H9N3S. The van der Waals surface area contributed by atoms with Crippen molar-refractivity contribution in [3.8, 4) is 6.07 Å². The first-order valence-corrected chi connectivity index (χ1v) is 4.58. The maximum atomic E-state index is 8.66. The molecule has 0 N–H and O–H groups in total. The van der Waals surface area contributed by atoms with Crippen LogP contribution in [0.1, 0.15) is 13.3 Å². The number of thioether (sulfide) groups is 1. The number of rotatable bonds is 3. The average molecular weight is 179 g/mol. The first-order chi connectivity index (χ1) is 5.86. The topological polar surface area (TPSA) is 49.6 Å². The minimum Gasteiger partial charge on any atom is -0.231 e. The minimum atomic E-state index is -0.0348. The van der Waals surface area contributed by atoms with E-state index in [1.165, 1.54) is 11.8 Å². The van der Waals surface area contributed by atoms with E-state index in [0.717, 1.165) is 6.42 Å². The molecule has 0 aromatic carbocycles. The highest BCUT2D eigenvalue weighted by molar-refractivity contribution is 8.00. The van der Waals surface area contributed by atoms with Crippen LogP contribution >= 0.6 is 11.8 Å². The van der Waals surface area contributed by atoms with Gasteiger partial charge >= 0.3 is 0 Å². The molecule has 0 saturated carbocycles. The molecule has 0 spiro atoms. The second kappa shape index (κ2) is 4.73. The summed E-state index contributed by atoms with van der Waals surface area (Å²) in [5.74, 6) is 0. The van der Waals surface area contributed by atoms with Crippen LogP contribution in [-0.2, 0) is 0 Å². The molecule has 0 aliphatic rings. The zero-order valence-corrected chi connectivity index (χ0v) is 7.58. The van der Waals surface area contributed by atoms with Crippen LogP contribution in [0.3, 0.4) is 0 Å². The SMILES string of the molecule is CCC(C#N)Sc1ncccn1. The molecule has 0 amide bonds. The van der Waals surface area contributed by atoms with Gasteiger partial charge in [-0.3, -0.25) is 0 Å². The fourth-order valence-electron chi connectivity index (χ4n) is 0.674. The van der Waals surface area contributed by atoms with Gasteiger partial charge in [-0.25, -0.2) is 9.97 Å². The van der Waals surface area contributed by atoms with Crippen LogP contribution in [0.5, 0.6) is 0 Å². The van der Waals surface area contributed by atoms with Gasteiger partial charge in [-0.05, 0) is 12.5 Å². The lowest BCUT2D eigenvalue weighted by Crippen LogP contribution is -1.97. The number of nitriles is 1. The fraction of sp³-hybridized carbons (Fsp3) is 0.375. The largest absolute Gasteiger partial charge is 0.231 e. The number of nitrogens with zero attached hydrogens (tertiary/aromatic N) is 3. The van der Waals surface area contributed by atoms with E-state index < -0.39 is 0 Å². The smallest absolute Gasteiger partial charge is 0.188 e. The average Bonchev–Trinajstić information content (AvgIpc) is 2.16. The minimum absolute atomic E-state index is 0.0348. The van der Waals surface area contributed by atoms with Crippen molar-refractivity contribution in [2.75, 3.05) is 0 Å². The molecule has 0 fully saturated rings. The summed E-state index contributed by atoms with van der Waals surface area (Å²) in [6, 6.07) is 3.94. The van der Waals surface area contributed by atoms with Crippen LogP contribution in [-0.4, -0.2) is 15.2 Å². The van der Waals surface area contributed by atoms with Gasteiger partial charge in [0.15, 0.2) is 5.16 Å². The highest BCUT2D eigenvalue weighted by Gasteiger charge is 2.07. The third-order valence-electron chi connectivity index (χ3n) is 1.30. The monoisotopic (exact) mass is 179 g/mol. The summed E-state index contributed by atoms with van der Waals surface area (Å²) in [5, 5.41) is 9.30. The molecule has 4 heteroatoms. The molecule has 1 unspecified atom stereocenters. The first kappa shape index (κ1) is 9.01. The summed E-state index contributed by atoms with van der Waals surface area (Å²) in [7, 11) is 0. The molecule has 0 aliphatic carbocycles. The molecular weight excluding hydrogens is 170 g/mol. The van der Waals surface area contributed by atoms with Gasteiger partial charge in [0.05, 0.1) is 11.3 Å². The van der Waals surface area contributed by atoms with Crippen LogP contribution in [0, 0.1) is 11.3 Å². The Morgan fingerprint density at radius 2 is 2.25 bits per heavy atom. The zero-order valence-electron chi connectivity index (χ0n) is 6.77. The van der Waals surface area contributed by atoms with E-state index in [0.29, 0.717) is 5.16 Å². The Morgan fingerprint density at radius 1 is 1.58 bits per heavy atom. The van der Waals surface area contributed by atoms with Gasteiger partial charge in [-0.2, -0.15) is 5.26 Å². The van der Waals surface area contributed by atoms with Gasteiger partial charge in [-0.1, -0.05) is 18.7 Å². The van der Waals surface area contributed by atoms with Crippen molar-refractivity contribution in [1.82, 2.24) is 9.97 Å². The second-order valence-electron chi connectivity index (χ2n) is 2.18. The Hall–Kier alpha value is -1.08. The number of hydrogen-bond donors (Lipinski definition) is 0. The van der Waals surface area contributed by atoms with Crippen LogP contribution < -0.4 is 0 Å². The third kappa shape index (κ3) is 2.51. The van der Waals surface area contributed by atoms with E-state index in [2.05, 4.69) is 16.0 Å². The number of hydrogen-bond acceptors (Lipinski definition) is 4. The molecule has 1 atom stereocenters. The fourth-order valence-corrected chi connectivity index (χ4v) is 1.39. The molecule has 0 saturated heterocycles. The highest BCUT2D eigenvalue weighted by Crippen LogP contribution is 2.19. The lowest BCUT2D eigenvalue weighted by molar-refractivity contribution is 0.934. The maximum Gasteiger partial charge on any atom is 0.188 e. The van der Waals surface area contributed by atoms with Crippen molar-refractivity contribution >= 4 is 11.8 Å². The normalized spacial score (nSPS) is 12.0. The molecule has 1 rings (SSSR count). The van der Waals surface area contributed by atoms with Crippen LogP contribution in [0.2, 0.25) is 0 Å². The lowest BCUT2D eigenvalue weighted by atomic mass is 10.4. The summed E-state index contributed by atoms with van der Waals surface area (Å²) in [6.45, 7) is 1.98. The predicted molar refractivity (Wildman–Crippen MR) is 47.6 cm³/mol. The van der Waals surface area contributed by atoms with E-state index in [-0.39, 0.29) is 5.25 Å². The molecule has 12 heavy (non-hydrogen) atoms. The molecule has 62 valence electrons. The number of aromatic nitrogens is 2. The molecule has 0 radical (unpaired) electrons. The summed E-state index contributed by atoms with van der Waals surface area (Å²) in [5.41, 5.74) is 0. The zero-order chi connectivity index (χ0) is 8.81. The van der Waals surface area contributed by atoms with E-state index >= 15 is 0 Å². The third-order valence-corrected chi connectivity index (χ3v) is 2.45. The summed E-state index contributed by atoms with van der Waals surface area (Å²) < 4.78 is 0. The lowest BCUT2D eigenvalue weighted by Gasteiger charge is -2.01. The molecule has 1 aromatic heterocycles. The molecule has 1 aromatic rings. The van der Waals surface area contributed by atoms with Crippen molar-refractivity contribution in [1.29, 1.82) is 5.26 Å². The van der Waals surface area contributed by atoms with Gasteiger partial charge < -0.3 is 0 Å². The molecule has 0 bridgehead atoms. The van der Waals surface area contributed by atoms with Crippen molar-refractivity contribution in [3.05, 3.63) is 18.5 Å². The van der Waals surface area contributed by atoms with Crippen LogP contribution in [0.15, 0.2) is 23.6 Å². The van der Waals surface area contributed by atoms with Gasteiger partial charge in [0.25, 0.3) is 0 Å². The van der Waals surface area contributed by atoms with Gasteiger partial charge in [0, 0.05) is 12.4 Å². The Morgan fingerprint density at radius 3 is 2.75 bits per heavy atom. The Bertz CT molecular complexity index is 267. The molecule has 3 nitrogen and oxygen atoms in total. The van der Waals surface area contributed by atoms with Gasteiger partial charge in [0.2, 0.25) is 0 Å². The molecule has 0 aliphatic heterocycles. The second-order valence-corrected chi connectivity index (χ2v) is 3.35. The van der Waals surface area contributed by atoms with E-state index in [1.807, 2.05) is 6.92 Å². The maximum absolute atomic E-state index is 8.66.